The number of hydrogen-bond acceptors (Lipinski definition) is 19. The average molecular weight is 882 g/mol. The third-order valence-electron chi connectivity index (χ3n) is 7.37. The molecule has 0 aromatic carbocycles. The summed E-state index contributed by atoms with van der Waals surface area (Å²) < 4.78 is 0. The van der Waals surface area contributed by atoms with Gasteiger partial charge in [-0.05, 0) is 47.9 Å². The normalized spacial score (nSPS) is 10.4. The maximum atomic E-state index is 12.6. The number of hydrogen-bond donors (Lipinski definition) is 7. The van der Waals surface area contributed by atoms with Gasteiger partial charge >= 0.3 is 5.97 Å². The van der Waals surface area contributed by atoms with E-state index < -0.39 is 5.97 Å². The first-order valence-corrected chi connectivity index (χ1v) is 20.3. The maximum Gasteiger partial charge on any atom is 0.341 e. The maximum absolute atomic E-state index is 12.6. The van der Waals surface area contributed by atoms with Gasteiger partial charge in [0.05, 0.1) is 47.7 Å². The fourth-order valence-corrected chi connectivity index (χ4v) is 5.62. The molecule has 6 aromatic heterocycles. The molecule has 0 radical (unpaired) electrons. The number of aliphatic hydroxyl groups is 2. The zero-order chi connectivity index (χ0) is 42.6. The molecular weight excluding hydrogens is 844 g/mol. The molecule has 6 rings (SSSR count). The van der Waals surface area contributed by atoms with Crippen molar-refractivity contribution in [3.05, 3.63) is 129 Å². The highest BCUT2D eigenvalue weighted by Crippen LogP contribution is 2.21. The molecule has 19 nitrogen and oxygen atoms in total. The lowest BCUT2D eigenvalue weighted by Crippen LogP contribution is -2.25. The van der Waals surface area contributed by atoms with Gasteiger partial charge in [-0.1, -0.05) is 46.7 Å². The number of carboxylic acids is 1. The van der Waals surface area contributed by atoms with E-state index in [2.05, 4.69) is 65.8 Å². The van der Waals surface area contributed by atoms with Crippen molar-refractivity contribution in [1.82, 2.24) is 55.2 Å². The smallest absolute Gasteiger partial charge is 0.341 e. The van der Waals surface area contributed by atoms with Gasteiger partial charge in [-0.25, -0.2) is 44.7 Å². The lowest BCUT2D eigenvalue weighted by atomic mass is 10.2. The highest BCUT2D eigenvalue weighted by Gasteiger charge is 2.16. The van der Waals surface area contributed by atoms with E-state index in [-0.39, 0.29) is 37.0 Å². The van der Waals surface area contributed by atoms with Crippen LogP contribution in [0, 0.1) is 0 Å². The minimum Gasteiger partial charge on any atom is -0.477 e. The van der Waals surface area contributed by atoms with Crippen molar-refractivity contribution in [2.24, 2.45) is 5.73 Å². The van der Waals surface area contributed by atoms with Gasteiger partial charge in [0.2, 0.25) is 0 Å². The summed E-state index contributed by atoms with van der Waals surface area (Å²) >= 11 is 14.7. The fraction of sp³-hybridized carbons (Fsp3) is 0.222. The Balaban J connectivity index is 0.000000225. The second-order valence-electron chi connectivity index (χ2n) is 11.3. The van der Waals surface area contributed by atoms with Gasteiger partial charge < -0.3 is 37.0 Å². The molecule has 0 atom stereocenters. The van der Waals surface area contributed by atoms with Gasteiger partial charge in [-0.3, -0.25) is 14.8 Å². The topological polar surface area (TPSA) is 286 Å². The van der Waals surface area contributed by atoms with Gasteiger partial charge in [0.1, 0.15) is 34.4 Å². The number of amides is 1. The quantitative estimate of drug-likeness (QED) is 0.0565. The molecule has 0 fully saturated rings. The molecule has 0 unspecified atom stereocenters. The standard InChI is InChI=1S/C18H18ClN7O2S.C13H13ClN4O3S.C5H7N3/c1-29-18-25-8-12(17(28)24-9-15-20-3-2-4-21-15)16(26-18)23-7-11-5-13(19)14(10-27)22-6-11;1-22-13-17-5-8(12(20)21)11(18-13)16-4-7-2-9(14)10(6-19)15-3-7;6-4-5-7-2-1-3-8-5/h2-6,8,27H,7,9-10H2,1H3,(H,24,28)(H,23,25,26);2-3,5,19H,4,6H2,1H3,(H,20,21)(H,16,17,18);1-3H,4,6H2. The molecule has 308 valence electrons. The minimum atomic E-state index is -1.11. The number of halogens is 2. The molecule has 0 saturated carbocycles. The number of aliphatic hydroxyl groups excluding tert-OH is 2. The largest absolute Gasteiger partial charge is 0.477 e. The van der Waals surface area contributed by atoms with Gasteiger partial charge in [0.15, 0.2) is 10.3 Å². The SMILES string of the molecule is CSc1ncc(C(=O)NCc2ncccn2)c(NCc2cnc(CO)c(Cl)c2)n1.CSc1ncc(C(=O)O)c(NCc2cnc(CO)c(Cl)c2)n1.NCc1ncccn1. The Labute approximate surface area is 356 Å². The average Bonchev–Trinajstić information content (AvgIpc) is 3.27. The summed E-state index contributed by atoms with van der Waals surface area (Å²) in [4.78, 5) is 64.5. The molecule has 0 aliphatic heterocycles. The predicted molar refractivity (Wildman–Crippen MR) is 223 cm³/mol. The Morgan fingerprint density at radius 2 is 1.12 bits per heavy atom. The van der Waals surface area contributed by atoms with Crippen LogP contribution in [0.2, 0.25) is 10.0 Å². The molecule has 1 amide bonds. The van der Waals surface area contributed by atoms with Crippen LogP contribution < -0.4 is 21.7 Å². The van der Waals surface area contributed by atoms with Gasteiger partial charge in [-0.2, -0.15) is 0 Å². The number of carboxylic acid groups (broad SMARTS) is 1. The summed E-state index contributed by atoms with van der Waals surface area (Å²) in [6, 6.07) is 6.83. The number of aromatic carboxylic acids is 1. The van der Waals surface area contributed by atoms with Crippen LogP contribution in [-0.2, 0) is 39.4 Å². The Hall–Kier alpha value is -5.68. The zero-order valence-electron chi connectivity index (χ0n) is 31.5. The predicted octanol–water partition coefficient (Wildman–Crippen LogP) is 4.06. The Morgan fingerprint density at radius 3 is 1.53 bits per heavy atom. The van der Waals surface area contributed by atoms with Crippen molar-refractivity contribution < 1.29 is 24.9 Å². The molecule has 23 heteroatoms. The van der Waals surface area contributed by atoms with Crippen molar-refractivity contribution in [1.29, 1.82) is 0 Å². The van der Waals surface area contributed by atoms with Crippen LogP contribution in [-0.4, -0.2) is 89.5 Å². The van der Waals surface area contributed by atoms with E-state index in [1.165, 1.54) is 35.9 Å². The summed E-state index contributed by atoms with van der Waals surface area (Å²) in [7, 11) is 0. The summed E-state index contributed by atoms with van der Waals surface area (Å²) in [6.07, 6.45) is 16.1. The Bertz CT molecular complexity index is 2290. The van der Waals surface area contributed by atoms with E-state index >= 15 is 0 Å². The number of aromatic nitrogens is 10. The second kappa shape index (κ2) is 24.3. The summed E-state index contributed by atoms with van der Waals surface area (Å²) in [5.41, 5.74) is 7.83. The van der Waals surface area contributed by atoms with Crippen LogP contribution in [0.5, 0.6) is 0 Å². The van der Waals surface area contributed by atoms with Crippen molar-refractivity contribution in [2.75, 3.05) is 23.1 Å². The number of pyridine rings is 2. The van der Waals surface area contributed by atoms with Crippen LogP contribution in [0.3, 0.4) is 0 Å². The van der Waals surface area contributed by atoms with E-state index in [4.69, 9.17) is 39.1 Å². The molecule has 6 heterocycles. The van der Waals surface area contributed by atoms with E-state index in [1.54, 1.807) is 67.7 Å². The van der Waals surface area contributed by atoms with Crippen LogP contribution >= 0.6 is 46.7 Å². The number of carbonyl (C=O) groups is 2. The van der Waals surface area contributed by atoms with Gasteiger partial charge in [-0.15, -0.1) is 0 Å². The number of rotatable bonds is 15. The van der Waals surface area contributed by atoms with Crippen LogP contribution in [0.15, 0.2) is 84.2 Å². The first-order valence-electron chi connectivity index (χ1n) is 17.1. The van der Waals surface area contributed by atoms with Crippen molar-refractivity contribution >= 4 is 70.2 Å². The highest BCUT2D eigenvalue weighted by molar-refractivity contribution is 7.98. The van der Waals surface area contributed by atoms with Crippen molar-refractivity contribution in [3.8, 4) is 0 Å². The number of nitrogens with two attached hydrogens (primary N) is 1. The van der Waals surface area contributed by atoms with Crippen LogP contribution in [0.4, 0.5) is 11.6 Å². The zero-order valence-corrected chi connectivity index (χ0v) is 34.6. The van der Waals surface area contributed by atoms with E-state index in [1.807, 2.05) is 6.26 Å². The monoisotopic (exact) mass is 880 g/mol. The number of carbonyl (C=O) groups excluding carboxylic acids is 1. The van der Waals surface area contributed by atoms with Gasteiger partial charge in [0, 0.05) is 62.7 Å². The van der Waals surface area contributed by atoms with E-state index in [0.717, 1.165) is 11.1 Å². The summed E-state index contributed by atoms with van der Waals surface area (Å²) in [5.74, 6) is 0.350. The first kappa shape index (κ1) is 46.0. The summed E-state index contributed by atoms with van der Waals surface area (Å²) in [6.45, 7) is 0.769. The molecule has 6 aromatic rings. The first-order chi connectivity index (χ1) is 28.6. The van der Waals surface area contributed by atoms with Gasteiger partial charge in [0.25, 0.3) is 5.91 Å². The number of nitrogens with zero attached hydrogens (tertiary/aromatic N) is 10. The lowest BCUT2D eigenvalue weighted by Gasteiger charge is -2.12. The molecule has 0 spiro atoms. The molecule has 59 heavy (non-hydrogen) atoms. The molecular formula is C36H38Cl2N14O5S2. The number of thioether (sulfide) groups is 2. The third-order valence-corrected chi connectivity index (χ3v) is 9.15. The van der Waals surface area contributed by atoms with Crippen molar-refractivity contribution in [2.45, 2.75) is 49.7 Å². The van der Waals surface area contributed by atoms with E-state index in [0.29, 0.717) is 74.4 Å². The number of anilines is 2. The van der Waals surface area contributed by atoms with Crippen LogP contribution in [0.25, 0.3) is 0 Å². The Kier molecular flexibility index (Phi) is 18.9. The third kappa shape index (κ3) is 14.6. The van der Waals surface area contributed by atoms with Crippen molar-refractivity contribution in [3.63, 3.8) is 0 Å². The van der Waals surface area contributed by atoms with Crippen LogP contribution in [0.1, 0.15) is 54.9 Å². The number of nitrogens with one attached hydrogen (secondary N) is 3. The minimum absolute atomic E-state index is 0.0103. The molecule has 0 aliphatic carbocycles. The molecule has 0 aliphatic rings. The second-order valence-corrected chi connectivity index (χ2v) is 13.7. The molecule has 0 bridgehead atoms. The Morgan fingerprint density at radius 1 is 0.661 bits per heavy atom. The lowest BCUT2D eigenvalue weighted by molar-refractivity contribution is 0.0696. The van der Waals surface area contributed by atoms with E-state index in [9.17, 15) is 14.7 Å². The highest BCUT2D eigenvalue weighted by atomic mass is 35.5. The molecule has 0 saturated heterocycles. The summed E-state index contributed by atoms with van der Waals surface area (Å²) in [5, 5.41) is 37.9. The molecule has 8 N–H and O–H groups in total. The fourth-order valence-electron chi connectivity index (χ4n) is 4.44.